The number of nitrogens with zero attached hydrogens (tertiary/aromatic N) is 3. The third-order valence-electron chi connectivity index (χ3n) is 4.75. The highest BCUT2D eigenvalue weighted by Gasteiger charge is 2.44. The van der Waals surface area contributed by atoms with Gasteiger partial charge in [0, 0.05) is 24.0 Å². The zero-order chi connectivity index (χ0) is 19.0. The van der Waals surface area contributed by atoms with Gasteiger partial charge in [-0.3, -0.25) is 4.79 Å². The number of thiazole rings is 1. The Morgan fingerprint density at radius 1 is 1.44 bits per heavy atom. The molecule has 27 heavy (non-hydrogen) atoms. The van der Waals surface area contributed by atoms with Gasteiger partial charge < -0.3 is 14.8 Å². The summed E-state index contributed by atoms with van der Waals surface area (Å²) in [4.78, 5) is 20.1. The minimum Gasteiger partial charge on any atom is -0.497 e. The summed E-state index contributed by atoms with van der Waals surface area (Å²) in [6.45, 7) is 0.552. The van der Waals surface area contributed by atoms with Gasteiger partial charge in [0.15, 0.2) is 4.47 Å². The van der Waals surface area contributed by atoms with E-state index in [-0.39, 0.29) is 5.78 Å². The third-order valence-corrected chi connectivity index (χ3v) is 5.89. The van der Waals surface area contributed by atoms with Gasteiger partial charge in [0.05, 0.1) is 12.8 Å². The first kappa shape index (κ1) is 18.2. The first-order chi connectivity index (χ1) is 13.1. The van der Waals surface area contributed by atoms with E-state index < -0.39 is 12.2 Å². The number of hydroxylamine groups is 2. The molecule has 1 fully saturated rings. The summed E-state index contributed by atoms with van der Waals surface area (Å²) in [5.74, 6) is 0.494. The van der Waals surface area contributed by atoms with Crippen LogP contribution in [0.1, 0.15) is 16.5 Å². The van der Waals surface area contributed by atoms with Gasteiger partial charge >= 0.3 is 0 Å². The van der Waals surface area contributed by atoms with E-state index in [9.17, 15) is 10.0 Å². The summed E-state index contributed by atoms with van der Waals surface area (Å²) in [6.07, 6.45) is 7.44. The Hall–Kier alpha value is -2.19. The van der Waals surface area contributed by atoms with Crippen LogP contribution < -0.4 is 4.74 Å². The maximum absolute atomic E-state index is 13.2. The van der Waals surface area contributed by atoms with Crippen LogP contribution in [0, 0.1) is 0 Å². The third kappa shape index (κ3) is 3.39. The molecule has 1 N–H and O–H groups in total. The van der Waals surface area contributed by atoms with Crippen molar-refractivity contribution in [3.05, 3.63) is 69.3 Å². The van der Waals surface area contributed by atoms with E-state index in [0.29, 0.717) is 34.4 Å². The molecule has 2 aromatic rings. The van der Waals surface area contributed by atoms with Crippen LogP contribution in [0.5, 0.6) is 5.75 Å². The van der Waals surface area contributed by atoms with E-state index in [1.807, 2.05) is 35.3 Å². The van der Waals surface area contributed by atoms with Crippen LogP contribution in [0.4, 0.5) is 0 Å². The number of allylic oxidation sites excluding steroid dienone is 2. The summed E-state index contributed by atoms with van der Waals surface area (Å²) in [7, 11) is 1.57. The fourth-order valence-electron chi connectivity index (χ4n) is 3.49. The SMILES string of the molecule is COc1cccc(C2C(=O)C3=CC=CCN3C(Cc3cnc(Cl)s3)N2O)c1. The number of rotatable bonds is 4. The lowest BCUT2D eigenvalue weighted by molar-refractivity contribution is -0.209. The second-order valence-corrected chi connectivity index (χ2v) is 8.02. The monoisotopic (exact) mass is 403 g/mol. The predicted octanol–water partition coefficient (Wildman–Crippen LogP) is 3.44. The lowest BCUT2D eigenvalue weighted by Crippen LogP contribution is -2.57. The molecule has 4 rings (SSSR count). The normalized spacial score (nSPS) is 22.6. The largest absolute Gasteiger partial charge is 0.497 e. The number of halogens is 1. The van der Waals surface area contributed by atoms with Gasteiger partial charge in [-0.15, -0.1) is 11.3 Å². The second-order valence-electron chi connectivity index (χ2n) is 6.32. The average molecular weight is 404 g/mol. The molecule has 8 heteroatoms. The van der Waals surface area contributed by atoms with Crippen molar-refractivity contribution in [2.24, 2.45) is 0 Å². The second kappa shape index (κ2) is 7.44. The van der Waals surface area contributed by atoms with Crippen LogP contribution in [0.2, 0.25) is 4.47 Å². The van der Waals surface area contributed by atoms with E-state index in [0.717, 1.165) is 9.94 Å². The first-order valence-electron chi connectivity index (χ1n) is 8.47. The topological polar surface area (TPSA) is 65.9 Å². The molecule has 2 unspecified atom stereocenters. The molecule has 1 aromatic heterocycles. The van der Waals surface area contributed by atoms with Crippen molar-refractivity contribution in [1.82, 2.24) is 14.9 Å². The molecular formula is C19H18ClN3O3S. The van der Waals surface area contributed by atoms with E-state index >= 15 is 0 Å². The highest BCUT2D eigenvalue weighted by Crippen LogP contribution is 2.37. The van der Waals surface area contributed by atoms with Crippen LogP contribution in [0.25, 0.3) is 0 Å². The molecule has 2 aliphatic rings. The number of methoxy groups -OCH3 is 1. The fourth-order valence-corrected chi connectivity index (χ4v) is 4.49. The zero-order valence-electron chi connectivity index (χ0n) is 14.6. The van der Waals surface area contributed by atoms with Crippen LogP contribution in [-0.2, 0) is 11.2 Å². The van der Waals surface area contributed by atoms with Gasteiger partial charge in [0.2, 0.25) is 5.78 Å². The molecule has 0 spiro atoms. The van der Waals surface area contributed by atoms with Gasteiger partial charge in [-0.1, -0.05) is 35.9 Å². The van der Waals surface area contributed by atoms with Crippen molar-refractivity contribution in [3.63, 3.8) is 0 Å². The molecule has 1 saturated heterocycles. The van der Waals surface area contributed by atoms with Crippen molar-refractivity contribution in [3.8, 4) is 5.75 Å². The standard InChI is InChI=1S/C19H18ClN3O3S/c1-26-13-6-4-5-12(9-13)17-18(24)15-7-2-3-8-22(15)16(23(17)25)10-14-11-21-19(20)27-14/h2-7,9,11,16-17,25H,8,10H2,1H3. The maximum Gasteiger partial charge on any atom is 0.202 e. The molecule has 2 aliphatic heterocycles. The minimum atomic E-state index is -0.803. The summed E-state index contributed by atoms with van der Waals surface area (Å²) < 4.78 is 5.74. The van der Waals surface area contributed by atoms with Crippen LogP contribution in [-0.4, -0.2) is 45.8 Å². The average Bonchev–Trinajstić information content (AvgIpc) is 3.10. The van der Waals surface area contributed by atoms with Gasteiger partial charge in [-0.25, -0.2) is 4.98 Å². The zero-order valence-corrected chi connectivity index (χ0v) is 16.2. The van der Waals surface area contributed by atoms with Gasteiger partial charge in [0.1, 0.15) is 18.0 Å². The molecule has 1 aromatic carbocycles. The summed E-state index contributed by atoms with van der Waals surface area (Å²) in [5, 5.41) is 12.2. The number of carbonyl (C=O) groups is 1. The van der Waals surface area contributed by atoms with Gasteiger partial charge in [0.25, 0.3) is 0 Å². The quantitative estimate of drug-likeness (QED) is 0.843. The highest BCUT2D eigenvalue weighted by atomic mass is 35.5. The minimum absolute atomic E-state index is 0.145. The number of Topliss-reactive ketones (excluding diaryl/α,β-unsaturated/α-hetero) is 1. The van der Waals surface area contributed by atoms with E-state index in [1.165, 1.54) is 11.3 Å². The molecule has 0 amide bonds. The Morgan fingerprint density at radius 2 is 2.30 bits per heavy atom. The molecule has 0 aliphatic carbocycles. The van der Waals surface area contributed by atoms with E-state index in [4.69, 9.17) is 16.3 Å². The summed E-state index contributed by atoms with van der Waals surface area (Å²) in [5.41, 5.74) is 1.28. The lowest BCUT2D eigenvalue weighted by Gasteiger charge is -2.46. The van der Waals surface area contributed by atoms with Gasteiger partial charge in [-0.2, -0.15) is 5.06 Å². The number of benzene rings is 1. The maximum atomic E-state index is 13.2. The van der Waals surface area contributed by atoms with Crippen molar-refractivity contribution in [2.45, 2.75) is 18.6 Å². The molecule has 0 saturated carbocycles. The Bertz CT molecular complexity index is 926. The molecule has 0 radical (unpaired) electrons. The summed E-state index contributed by atoms with van der Waals surface area (Å²) >= 11 is 7.33. The first-order valence-corrected chi connectivity index (χ1v) is 9.67. The Kier molecular flexibility index (Phi) is 5.01. The lowest BCUT2D eigenvalue weighted by atomic mass is 9.93. The molecule has 0 bridgehead atoms. The predicted molar refractivity (Wildman–Crippen MR) is 103 cm³/mol. The Balaban J connectivity index is 1.73. The smallest absolute Gasteiger partial charge is 0.202 e. The van der Waals surface area contributed by atoms with Crippen molar-refractivity contribution < 1.29 is 14.7 Å². The summed E-state index contributed by atoms with van der Waals surface area (Å²) in [6, 6.07) is 6.42. The number of aromatic nitrogens is 1. The number of hydrogen-bond donors (Lipinski definition) is 1. The van der Waals surface area contributed by atoms with Crippen LogP contribution >= 0.6 is 22.9 Å². The number of hydrogen-bond acceptors (Lipinski definition) is 7. The van der Waals surface area contributed by atoms with E-state index in [1.54, 1.807) is 25.4 Å². The van der Waals surface area contributed by atoms with Crippen LogP contribution in [0.15, 0.2) is 54.4 Å². The number of ether oxygens (including phenoxy) is 1. The van der Waals surface area contributed by atoms with Crippen molar-refractivity contribution in [2.75, 3.05) is 13.7 Å². The molecule has 2 atom stereocenters. The molecule has 140 valence electrons. The fraction of sp³-hybridized carbons (Fsp3) is 0.263. The molecular weight excluding hydrogens is 386 g/mol. The highest BCUT2D eigenvalue weighted by molar-refractivity contribution is 7.15. The van der Waals surface area contributed by atoms with E-state index in [2.05, 4.69) is 4.98 Å². The van der Waals surface area contributed by atoms with Crippen LogP contribution in [0.3, 0.4) is 0 Å². The number of ketones is 1. The van der Waals surface area contributed by atoms with Crippen molar-refractivity contribution >= 4 is 28.7 Å². The van der Waals surface area contributed by atoms with Crippen molar-refractivity contribution in [1.29, 1.82) is 0 Å². The van der Waals surface area contributed by atoms with Gasteiger partial charge in [-0.05, 0) is 23.8 Å². The molecule has 6 nitrogen and oxygen atoms in total. The molecule has 3 heterocycles. The number of fused-ring (bicyclic) bond motifs is 1. The Labute approximate surface area is 165 Å². The number of carbonyl (C=O) groups excluding carboxylic acids is 1. The Morgan fingerprint density at radius 3 is 3.04 bits per heavy atom.